The molecule has 0 unspecified atom stereocenters. The fraction of sp³-hybridized carbons (Fsp3) is 0.250. The summed E-state index contributed by atoms with van der Waals surface area (Å²) in [6.07, 6.45) is 0.942. The van der Waals surface area contributed by atoms with Crippen molar-refractivity contribution >= 4 is 33.2 Å². The first-order chi connectivity index (χ1) is 9.65. The summed E-state index contributed by atoms with van der Waals surface area (Å²) in [5.41, 5.74) is 4.61. The van der Waals surface area contributed by atoms with Gasteiger partial charge in [0.2, 0.25) is 0 Å². The molecule has 0 saturated carbocycles. The van der Waals surface area contributed by atoms with Crippen molar-refractivity contribution in [3.8, 4) is 5.75 Å². The minimum atomic E-state index is 0.699. The van der Waals surface area contributed by atoms with Crippen molar-refractivity contribution in [2.75, 3.05) is 11.9 Å². The van der Waals surface area contributed by atoms with Crippen LogP contribution in [0.15, 0.2) is 34.8 Å². The molecular weight excluding hydrogens is 338 g/mol. The molecule has 2 aromatic rings. The lowest BCUT2D eigenvalue weighted by Crippen LogP contribution is -2.02. The highest BCUT2D eigenvalue weighted by molar-refractivity contribution is 9.10. The van der Waals surface area contributed by atoms with Crippen LogP contribution >= 0.6 is 27.5 Å². The van der Waals surface area contributed by atoms with Gasteiger partial charge in [-0.1, -0.05) is 23.7 Å². The number of rotatable bonds is 3. The van der Waals surface area contributed by atoms with E-state index in [1.165, 1.54) is 11.1 Å². The molecule has 1 aliphatic heterocycles. The Morgan fingerprint density at radius 1 is 1.35 bits per heavy atom. The zero-order valence-electron chi connectivity index (χ0n) is 11.2. The molecule has 0 aromatic heterocycles. The van der Waals surface area contributed by atoms with E-state index in [0.29, 0.717) is 6.54 Å². The van der Waals surface area contributed by atoms with Gasteiger partial charge in [0.05, 0.1) is 6.61 Å². The molecule has 4 heteroatoms. The Balaban J connectivity index is 1.84. The van der Waals surface area contributed by atoms with Crippen LogP contribution in [0, 0.1) is 6.92 Å². The molecule has 0 atom stereocenters. The van der Waals surface area contributed by atoms with Gasteiger partial charge in [-0.25, -0.2) is 0 Å². The van der Waals surface area contributed by atoms with E-state index < -0.39 is 0 Å². The highest BCUT2D eigenvalue weighted by Gasteiger charge is 2.17. The lowest BCUT2D eigenvalue weighted by atomic mass is 10.1. The van der Waals surface area contributed by atoms with E-state index in [1.54, 1.807) is 0 Å². The van der Waals surface area contributed by atoms with Gasteiger partial charge in [-0.3, -0.25) is 0 Å². The van der Waals surface area contributed by atoms with Crippen LogP contribution in [0.3, 0.4) is 0 Å². The normalized spacial score (nSPS) is 12.9. The maximum Gasteiger partial charge on any atom is 0.127 e. The highest BCUT2D eigenvalue weighted by atomic mass is 79.9. The summed E-state index contributed by atoms with van der Waals surface area (Å²) >= 11 is 9.78. The molecule has 1 heterocycles. The molecule has 0 fully saturated rings. The van der Waals surface area contributed by atoms with Gasteiger partial charge >= 0.3 is 0 Å². The van der Waals surface area contributed by atoms with Gasteiger partial charge in [-0.2, -0.15) is 0 Å². The molecule has 2 nitrogen and oxygen atoms in total. The lowest BCUT2D eigenvalue weighted by molar-refractivity contribution is 0.354. The molecule has 0 radical (unpaired) electrons. The van der Waals surface area contributed by atoms with Crippen LogP contribution in [0.25, 0.3) is 0 Å². The molecule has 20 heavy (non-hydrogen) atoms. The van der Waals surface area contributed by atoms with Gasteiger partial charge in [-0.15, -0.1) is 0 Å². The van der Waals surface area contributed by atoms with Crippen molar-refractivity contribution < 1.29 is 4.74 Å². The summed E-state index contributed by atoms with van der Waals surface area (Å²) in [6, 6.07) is 10.2. The van der Waals surface area contributed by atoms with Crippen molar-refractivity contribution in [2.24, 2.45) is 0 Å². The second-order valence-electron chi connectivity index (χ2n) is 4.94. The minimum absolute atomic E-state index is 0.699. The predicted octanol–water partition coefficient (Wildman–Crippen LogP) is 4.96. The number of fused-ring (bicyclic) bond motifs is 1. The minimum Gasteiger partial charge on any atom is -0.493 e. The molecular formula is C16H15BrClNO. The first-order valence-electron chi connectivity index (χ1n) is 6.58. The van der Waals surface area contributed by atoms with Gasteiger partial charge in [0, 0.05) is 33.7 Å². The summed E-state index contributed by atoms with van der Waals surface area (Å²) in [6.45, 7) is 3.53. The van der Waals surface area contributed by atoms with Crippen molar-refractivity contribution in [2.45, 2.75) is 19.9 Å². The third kappa shape index (κ3) is 2.65. The number of benzene rings is 2. The Morgan fingerprint density at radius 3 is 3.05 bits per heavy atom. The molecule has 3 rings (SSSR count). The fourth-order valence-corrected chi connectivity index (χ4v) is 3.12. The zero-order chi connectivity index (χ0) is 14.1. The Hall–Kier alpha value is -1.19. The van der Waals surface area contributed by atoms with Crippen LogP contribution in [-0.2, 0) is 13.0 Å². The van der Waals surface area contributed by atoms with Crippen molar-refractivity contribution in [1.82, 2.24) is 0 Å². The summed E-state index contributed by atoms with van der Waals surface area (Å²) in [7, 11) is 0. The first kappa shape index (κ1) is 13.8. The largest absolute Gasteiger partial charge is 0.493 e. The van der Waals surface area contributed by atoms with Crippen molar-refractivity contribution in [1.29, 1.82) is 0 Å². The molecule has 0 aliphatic carbocycles. The monoisotopic (exact) mass is 351 g/mol. The molecule has 0 spiro atoms. The second kappa shape index (κ2) is 5.66. The number of hydrogen-bond donors (Lipinski definition) is 1. The van der Waals surface area contributed by atoms with Crippen molar-refractivity contribution in [3.63, 3.8) is 0 Å². The maximum atomic E-state index is 6.17. The number of nitrogens with one attached hydrogen (secondary N) is 1. The Morgan fingerprint density at radius 2 is 2.20 bits per heavy atom. The average Bonchev–Trinajstić information content (AvgIpc) is 2.88. The Bertz CT molecular complexity index is 657. The predicted molar refractivity (Wildman–Crippen MR) is 86.9 cm³/mol. The van der Waals surface area contributed by atoms with Gasteiger partial charge in [0.15, 0.2) is 0 Å². The van der Waals surface area contributed by atoms with Gasteiger partial charge < -0.3 is 10.1 Å². The second-order valence-corrected chi connectivity index (χ2v) is 6.17. The molecule has 1 aliphatic rings. The van der Waals surface area contributed by atoms with Gasteiger partial charge in [0.25, 0.3) is 0 Å². The van der Waals surface area contributed by atoms with E-state index in [4.69, 9.17) is 16.3 Å². The molecule has 1 N–H and O–H groups in total. The number of halogens is 2. The van der Waals surface area contributed by atoms with Gasteiger partial charge in [0.1, 0.15) is 5.75 Å². The van der Waals surface area contributed by atoms with Gasteiger partial charge in [-0.05, 0) is 52.2 Å². The van der Waals surface area contributed by atoms with Crippen LogP contribution in [0.4, 0.5) is 5.69 Å². The topological polar surface area (TPSA) is 21.3 Å². The zero-order valence-corrected chi connectivity index (χ0v) is 13.5. The Kier molecular flexibility index (Phi) is 3.90. The third-order valence-corrected chi connectivity index (χ3v) is 4.76. The molecule has 0 amide bonds. The summed E-state index contributed by atoms with van der Waals surface area (Å²) in [5.74, 6) is 0.991. The fourth-order valence-electron chi connectivity index (χ4n) is 2.45. The molecule has 2 aromatic carbocycles. The number of anilines is 1. The van der Waals surface area contributed by atoms with E-state index in [1.807, 2.05) is 18.2 Å². The average molecular weight is 353 g/mol. The lowest BCUT2D eigenvalue weighted by Gasteiger charge is -2.13. The summed E-state index contributed by atoms with van der Waals surface area (Å²) in [4.78, 5) is 0. The highest BCUT2D eigenvalue weighted by Crippen LogP contribution is 2.34. The summed E-state index contributed by atoms with van der Waals surface area (Å²) in [5, 5.41) is 4.21. The standard InChI is InChI=1S/C16H15BrClNO/c1-10-3-2-4-14(15(10)17)19-9-12-8-13(18)7-11-5-6-20-16(11)12/h2-4,7-8,19H,5-6,9H2,1H3. The van der Waals surface area contributed by atoms with E-state index in [-0.39, 0.29) is 0 Å². The molecule has 0 saturated heterocycles. The van der Waals surface area contributed by atoms with E-state index >= 15 is 0 Å². The maximum absolute atomic E-state index is 6.17. The van der Waals surface area contributed by atoms with E-state index in [0.717, 1.165) is 39.5 Å². The van der Waals surface area contributed by atoms with Crippen LogP contribution in [0.1, 0.15) is 16.7 Å². The molecule has 104 valence electrons. The van der Waals surface area contributed by atoms with E-state index in [2.05, 4.69) is 40.3 Å². The number of ether oxygens (including phenoxy) is 1. The quantitative estimate of drug-likeness (QED) is 0.843. The van der Waals surface area contributed by atoms with E-state index in [9.17, 15) is 0 Å². The first-order valence-corrected chi connectivity index (χ1v) is 7.75. The van der Waals surface area contributed by atoms with Crippen molar-refractivity contribution in [3.05, 3.63) is 56.5 Å². The van der Waals surface area contributed by atoms with Crippen LogP contribution in [0.2, 0.25) is 5.02 Å². The SMILES string of the molecule is Cc1cccc(NCc2cc(Cl)cc3c2OCC3)c1Br. The Labute approximate surface area is 132 Å². The number of hydrogen-bond acceptors (Lipinski definition) is 2. The third-order valence-electron chi connectivity index (χ3n) is 3.49. The smallest absolute Gasteiger partial charge is 0.127 e. The van der Waals surface area contributed by atoms with Crippen LogP contribution in [-0.4, -0.2) is 6.61 Å². The van der Waals surface area contributed by atoms with Crippen LogP contribution < -0.4 is 10.1 Å². The molecule has 0 bridgehead atoms. The summed E-state index contributed by atoms with van der Waals surface area (Å²) < 4.78 is 6.81. The number of aryl methyl sites for hydroxylation is 1. The van der Waals surface area contributed by atoms with Crippen LogP contribution in [0.5, 0.6) is 5.75 Å².